The number of hydrogen-bond acceptors (Lipinski definition) is 2. The molecule has 1 fully saturated rings. The van der Waals surface area contributed by atoms with Gasteiger partial charge >= 0.3 is 12.0 Å². The Bertz CT molecular complexity index is 336. The van der Waals surface area contributed by atoms with Gasteiger partial charge in [-0.3, -0.25) is 0 Å². The minimum atomic E-state index is -1.07. The van der Waals surface area contributed by atoms with Crippen LogP contribution in [0.1, 0.15) is 58.8 Å². The molecule has 1 saturated carbocycles. The number of carbonyl (C=O) groups excluding carboxylic acids is 1. The maximum Gasteiger partial charge on any atom is 0.329 e. The topological polar surface area (TPSA) is 69.6 Å². The van der Waals surface area contributed by atoms with Gasteiger partial charge in [-0.1, -0.05) is 46.0 Å². The molecule has 5 heteroatoms. The smallest absolute Gasteiger partial charge is 0.329 e. The second-order valence-electron chi connectivity index (χ2n) is 6.13. The van der Waals surface area contributed by atoms with Gasteiger partial charge in [0, 0.05) is 13.6 Å². The van der Waals surface area contributed by atoms with Crippen LogP contribution in [0.25, 0.3) is 0 Å². The quantitative estimate of drug-likeness (QED) is 0.763. The number of nitrogens with zero attached hydrogens (tertiary/aromatic N) is 1. The van der Waals surface area contributed by atoms with Crippen LogP contribution in [0.15, 0.2) is 0 Å². The zero-order valence-electron chi connectivity index (χ0n) is 12.9. The first kappa shape index (κ1) is 16.8. The Labute approximate surface area is 121 Å². The molecule has 116 valence electrons. The van der Waals surface area contributed by atoms with E-state index in [0.29, 0.717) is 25.3 Å². The summed E-state index contributed by atoms with van der Waals surface area (Å²) in [6.45, 7) is 4.82. The molecule has 0 saturated heterocycles. The largest absolute Gasteiger partial charge is 0.480 e. The van der Waals surface area contributed by atoms with Crippen LogP contribution in [-0.2, 0) is 4.79 Å². The summed E-state index contributed by atoms with van der Waals surface area (Å²) in [4.78, 5) is 25.5. The second kappa shape index (κ2) is 7.50. The van der Waals surface area contributed by atoms with E-state index < -0.39 is 11.5 Å². The number of nitrogens with one attached hydrogen (secondary N) is 1. The molecule has 0 spiro atoms. The molecule has 0 heterocycles. The van der Waals surface area contributed by atoms with Crippen molar-refractivity contribution in [3.63, 3.8) is 0 Å². The summed E-state index contributed by atoms with van der Waals surface area (Å²) < 4.78 is 0. The van der Waals surface area contributed by atoms with E-state index in [1.807, 2.05) is 0 Å². The summed E-state index contributed by atoms with van der Waals surface area (Å²) in [6.07, 6.45) is 5.89. The van der Waals surface area contributed by atoms with Gasteiger partial charge in [0.25, 0.3) is 0 Å². The fourth-order valence-electron chi connectivity index (χ4n) is 2.70. The third kappa shape index (κ3) is 4.39. The van der Waals surface area contributed by atoms with Gasteiger partial charge in [0.2, 0.25) is 0 Å². The minimum absolute atomic E-state index is 0.269. The molecule has 0 aromatic heterocycles. The van der Waals surface area contributed by atoms with Crippen molar-refractivity contribution in [1.29, 1.82) is 0 Å². The highest BCUT2D eigenvalue weighted by Gasteiger charge is 2.40. The van der Waals surface area contributed by atoms with Crippen LogP contribution in [0.2, 0.25) is 0 Å². The molecule has 1 unspecified atom stereocenters. The Kier molecular flexibility index (Phi) is 6.30. The molecule has 1 aliphatic rings. The number of urea groups is 1. The fraction of sp³-hybridized carbons (Fsp3) is 0.867. The SMILES string of the molecule is CCC(C)CN(C)C(=O)NC1(C(=O)O)CCCCCC1. The van der Waals surface area contributed by atoms with E-state index >= 15 is 0 Å². The van der Waals surface area contributed by atoms with Gasteiger partial charge in [0.1, 0.15) is 5.54 Å². The van der Waals surface area contributed by atoms with Gasteiger partial charge in [-0.2, -0.15) is 0 Å². The highest BCUT2D eigenvalue weighted by Crippen LogP contribution is 2.27. The van der Waals surface area contributed by atoms with E-state index in [1.165, 1.54) is 0 Å². The van der Waals surface area contributed by atoms with Crippen molar-refractivity contribution in [1.82, 2.24) is 10.2 Å². The molecule has 2 amide bonds. The molecular formula is C15H28N2O3. The van der Waals surface area contributed by atoms with Crippen LogP contribution in [0.5, 0.6) is 0 Å². The molecule has 2 N–H and O–H groups in total. The third-order valence-corrected chi connectivity index (χ3v) is 4.34. The zero-order valence-corrected chi connectivity index (χ0v) is 12.9. The van der Waals surface area contributed by atoms with E-state index in [9.17, 15) is 14.7 Å². The van der Waals surface area contributed by atoms with Crippen molar-refractivity contribution < 1.29 is 14.7 Å². The van der Waals surface area contributed by atoms with Crippen molar-refractivity contribution in [3.05, 3.63) is 0 Å². The summed E-state index contributed by atoms with van der Waals surface area (Å²) in [5.74, 6) is -0.481. The number of rotatable bonds is 5. The van der Waals surface area contributed by atoms with Crippen LogP contribution in [0.3, 0.4) is 0 Å². The Morgan fingerprint density at radius 3 is 2.25 bits per heavy atom. The van der Waals surface area contributed by atoms with E-state index in [4.69, 9.17) is 0 Å². The fourth-order valence-corrected chi connectivity index (χ4v) is 2.70. The van der Waals surface area contributed by atoms with Crippen molar-refractivity contribution in [3.8, 4) is 0 Å². The molecule has 1 rings (SSSR count). The van der Waals surface area contributed by atoms with Crippen LogP contribution >= 0.6 is 0 Å². The second-order valence-corrected chi connectivity index (χ2v) is 6.13. The zero-order chi connectivity index (χ0) is 15.2. The van der Waals surface area contributed by atoms with E-state index in [1.54, 1.807) is 11.9 Å². The normalized spacial score (nSPS) is 19.8. The van der Waals surface area contributed by atoms with Crippen LogP contribution in [0.4, 0.5) is 4.79 Å². The highest BCUT2D eigenvalue weighted by molar-refractivity contribution is 5.86. The number of carboxylic acid groups (broad SMARTS) is 1. The summed E-state index contributed by atoms with van der Waals surface area (Å²) in [6, 6.07) is -0.269. The molecule has 5 nitrogen and oxygen atoms in total. The first-order valence-electron chi connectivity index (χ1n) is 7.68. The maximum atomic E-state index is 12.2. The number of carbonyl (C=O) groups is 2. The predicted octanol–water partition coefficient (Wildman–Crippen LogP) is 2.85. The Hall–Kier alpha value is -1.26. The summed E-state index contributed by atoms with van der Waals surface area (Å²) in [5.41, 5.74) is -1.07. The molecule has 1 atom stereocenters. The predicted molar refractivity (Wildman–Crippen MR) is 78.7 cm³/mol. The van der Waals surface area contributed by atoms with Crippen LogP contribution < -0.4 is 5.32 Å². The third-order valence-electron chi connectivity index (χ3n) is 4.34. The first-order valence-corrected chi connectivity index (χ1v) is 7.68. The lowest BCUT2D eigenvalue weighted by Crippen LogP contribution is -2.57. The lowest BCUT2D eigenvalue weighted by molar-refractivity contribution is -0.145. The number of hydrogen-bond donors (Lipinski definition) is 2. The number of amides is 2. The van der Waals surface area contributed by atoms with E-state index in [0.717, 1.165) is 32.1 Å². The van der Waals surface area contributed by atoms with Gasteiger partial charge in [0.05, 0.1) is 0 Å². The van der Waals surface area contributed by atoms with Gasteiger partial charge in [-0.15, -0.1) is 0 Å². The highest BCUT2D eigenvalue weighted by atomic mass is 16.4. The van der Waals surface area contributed by atoms with Gasteiger partial charge < -0.3 is 15.3 Å². The summed E-state index contributed by atoms with van der Waals surface area (Å²) in [7, 11) is 1.73. The Balaban J connectivity index is 2.69. The molecule has 0 aliphatic heterocycles. The first-order chi connectivity index (χ1) is 9.41. The average Bonchev–Trinajstić information content (AvgIpc) is 2.65. The lowest BCUT2D eigenvalue weighted by atomic mass is 9.90. The van der Waals surface area contributed by atoms with Crippen molar-refractivity contribution in [2.24, 2.45) is 5.92 Å². The van der Waals surface area contributed by atoms with Crippen LogP contribution in [-0.4, -0.2) is 41.1 Å². The maximum absolute atomic E-state index is 12.2. The summed E-state index contributed by atoms with van der Waals surface area (Å²) in [5, 5.41) is 12.3. The van der Waals surface area contributed by atoms with Gasteiger partial charge in [-0.25, -0.2) is 9.59 Å². The van der Waals surface area contributed by atoms with E-state index in [-0.39, 0.29) is 6.03 Å². The van der Waals surface area contributed by atoms with Gasteiger partial charge in [0.15, 0.2) is 0 Å². The average molecular weight is 284 g/mol. The lowest BCUT2D eigenvalue weighted by Gasteiger charge is -2.32. The number of carboxylic acids is 1. The Morgan fingerprint density at radius 1 is 1.25 bits per heavy atom. The molecule has 0 bridgehead atoms. The molecule has 0 aromatic rings. The Morgan fingerprint density at radius 2 is 1.80 bits per heavy atom. The molecular weight excluding hydrogens is 256 g/mol. The van der Waals surface area contributed by atoms with Crippen molar-refractivity contribution >= 4 is 12.0 Å². The minimum Gasteiger partial charge on any atom is -0.480 e. The summed E-state index contributed by atoms with van der Waals surface area (Å²) >= 11 is 0. The molecule has 0 radical (unpaired) electrons. The standard InChI is InChI=1S/C15H28N2O3/c1-4-12(2)11-17(3)14(20)16-15(13(18)19)9-7-5-6-8-10-15/h12H,4-11H2,1-3H3,(H,16,20)(H,18,19). The molecule has 1 aliphatic carbocycles. The van der Waals surface area contributed by atoms with E-state index in [2.05, 4.69) is 19.2 Å². The molecule has 20 heavy (non-hydrogen) atoms. The van der Waals surface area contributed by atoms with Crippen molar-refractivity contribution in [2.75, 3.05) is 13.6 Å². The van der Waals surface area contributed by atoms with Crippen molar-refractivity contribution in [2.45, 2.75) is 64.3 Å². The number of aliphatic carboxylic acids is 1. The van der Waals surface area contributed by atoms with Crippen LogP contribution in [0, 0.1) is 5.92 Å². The molecule has 0 aromatic carbocycles. The van der Waals surface area contributed by atoms with Gasteiger partial charge in [-0.05, 0) is 18.8 Å². The monoisotopic (exact) mass is 284 g/mol.